The molecular formula is C21H26N2O3. The van der Waals surface area contributed by atoms with E-state index in [-0.39, 0.29) is 18.7 Å². The van der Waals surface area contributed by atoms with Crippen molar-refractivity contribution in [1.82, 2.24) is 10.2 Å². The van der Waals surface area contributed by atoms with Gasteiger partial charge in [0.25, 0.3) is 0 Å². The van der Waals surface area contributed by atoms with Crippen LogP contribution < -0.4 is 5.32 Å². The molecule has 2 N–H and O–H groups in total. The smallest absolute Gasteiger partial charge is 0.332 e. The molecule has 0 aromatic heterocycles. The van der Waals surface area contributed by atoms with Crippen molar-refractivity contribution in [3.63, 3.8) is 0 Å². The van der Waals surface area contributed by atoms with Gasteiger partial charge in [0, 0.05) is 19.6 Å². The van der Waals surface area contributed by atoms with Crippen LogP contribution in [-0.4, -0.2) is 48.8 Å². The molecule has 1 heterocycles. The van der Waals surface area contributed by atoms with Gasteiger partial charge in [-0.15, -0.1) is 0 Å². The van der Waals surface area contributed by atoms with Crippen molar-refractivity contribution < 1.29 is 14.6 Å². The standard InChI is InChI=1S/C21H26N2O3/c1-22-21(18-10-6-3-7-11-18,16-23-13-12-19(24)14-23)20(25)26-15-17-8-4-2-5-9-17/h2-11,19,22,24H,12-16H2,1H3/t19?,21-/m1/s1. The first kappa shape index (κ1) is 18.6. The van der Waals surface area contributed by atoms with Gasteiger partial charge in [-0.3, -0.25) is 4.90 Å². The average molecular weight is 354 g/mol. The minimum Gasteiger partial charge on any atom is -0.459 e. The molecule has 0 amide bonds. The zero-order valence-electron chi connectivity index (χ0n) is 15.1. The minimum atomic E-state index is -0.972. The number of benzene rings is 2. The lowest BCUT2D eigenvalue weighted by Gasteiger charge is -2.35. The number of esters is 1. The van der Waals surface area contributed by atoms with Crippen molar-refractivity contribution in [3.05, 3.63) is 71.8 Å². The summed E-state index contributed by atoms with van der Waals surface area (Å²) < 4.78 is 5.69. The van der Waals surface area contributed by atoms with E-state index in [2.05, 4.69) is 10.2 Å². The van der Waals surface area contributed by atoms with Gasteiger partial charge in [-0.2, -0.15) is 0 Å². The number of carbonyl (C=O) groups excluding carboxylic acids is 1. The number of hydrogen-bond donors (Lipinski definition) is 2. The average Bonchev–Trinajstić information content (AvgIpc) is 3.10. The zero-order chi connectivity index (χ0) is 18.4. The molecule has 2 aromatic carbocycles. The van der Waals surface area contributed by atoms with E-state index in [4.69, 9.17) is 4.74 Å². The maximum absolute atomic E-state index is 13.2. The predicted octanol–water partition coefficient (Wildman–Crippen LogP) is 1.91. The number of aliphatic hydroxyl groups excluding tert-OH is 1. The number of β-amino-alcohol motifs (C(OH)–C–C–N with tert-alkyl or cyclic N) is 1. The number of rotatable bonds is 7. The molecule has 26 heavy (non-hydrogen) atoms. The second-order valence-electron chi connectivity index (χ2n) is 6.76. The lowest BCUT2D eigenvalue weighted by Crippen LogP contribution is -2.55. The Morgan fingerprint density at radius 2 is 1.85 bits per heavy atom. The topological polar surface area (TPSA) is 61.8 Å². The molecule has 0 aliphatic carbocycles. The van der Waals surface area contributed by atoms with E-state index in [0.29, 0.717) is 13.1 Å². The Morgan fingerprint density at radius 1 is 1.19 bits per heavy atom. The van der Waals surface area contributed by atoms with Crippen molar-refractivity contribution in [2.45, 2.75) is 24.7 Å². The third-order valence-corrected chi connectivity index (χ3v) is 4.96. The lowest BCUT2D eigenvalue weighted by molar-refractivity contribution is -0.154. The Hall–Kier alpha value is -2.21. The molecule has 1 aliphatic heterocycles. The molecule has 1 unspecified atom stereocenters. The number of nitrogens with zero attached hydrogens (tertiary/aromatic N) is 1. The van der Waals surface area contributed by atoms with E-state index in [1.54, 1.807) is 7.05 Å². The van der Waals surface area contributed by atoms with Gasteiger partial charge in [-0.1, -0.05) is 60.7 Å². The summed E-state index contributed by atoms with van der Waals surface area (Å²) in [6.45, 7) is 2.03. The van der Waals surface area contributed by atoms with Gasteiger partial charge in [-0.25, -0.2) is 4.79 Å². The minimum absolute atomic E-state index is 0.235. The fourth-order valence-corrected chi connectivity index (χ4v) is 3.46. The Bertz CT molecular complexity index is 708. The summed E-state index contributed by atoms with van der Waals surface area (Å²) in [4.78, 5) is 15.3. The van der Waals surface area contributed by atoms with Crippen LogP contribution in [0, 0.1) is 0 Å². The Morgan fingerprint density at radius 3 is 2.42 bits per heavy atom. The molecule has 5 heteroatoms. The van der Waals surface area contributed by atoms with Gasteiger partial charge >= 0.3 is 5.97 Å². The first-order valence-electron chi connectivity index (χ1n) is 9.00. The molecule has 2 atom stereocenters. The van der Waals surface area contributed by atoms with Crippen LogP contribution in [0.4, 0.5) is 0 Å². The first-order chi connectivity index (χ1) is 12.6. The summed E-state index contributed by atoms with van der Waals surface area (Å²) in [7, 11) is 1.78. The monoisotopic (exact) mass is 354 g/mol. The Labute approximate surface area is 154 Å². The molecule has 1 saturated heterocycles. The van der Waals surface area contributed by atoms with E-state index in [0.717, 1.165) is 24.1 Å². The van der Waals surface area contributed by atoms with Gasteiger partial charge in [0.2, 0.25) is 0 Å². The second kappa shape index (κ2) is 8.45. The lowest BCUT2D eigenvalue weighted by atomic mass is 9.89. The predicted molar refractivity (Wildman–Crippen MR) is 100 cm³/mol. The summed E-state index contributed by atoms with van der Waals surface area (Å²) in [6.07, 6.45) is 0.397. The summed E-state index contributed by atoms with van der Waals surface area (Å²) in [5, 5.41) is 13.1. The van der Waals surface area contributed by atoms with Crippen LogP contribution in [0.25, 0.3) is 0 Å². The highest BCUT2D eigenvalue weighted by atomic mass is 16.5. The second-order valence-corrected chi connectivity index (χ2v) is 6.76. The Kier molecular flexibility index (Phi) is 6.04. The van der Waals surface area contributed by atoms with Crippen LogP contribution in [0.3, 0.4) is 0 Å². The van der Waals surface area contributed by atoms with E-state index in [1.807, 2.05) is 60.7 Å². The number of carbonyl (C=O) groups is 1. The molecule has 0 spiro atoms. The van der Waals surface area contributed by atoms with Crippen LogP contribution in [-0.2, 0) is 21.7 Å². The fraction of sp³-hybridized carbons (Fsp3) is 0.381. The van der Waals surface area contributed by atoms with Crippen molar-refractivity contribution in [2.24, 2.45) is 0 Å². The van der Waals surface area contributed by atoms with Crippen molar-refractivity contribution in [2.75, 3.05) is 26.7 Å². The number of ether oxygens (including phenoxy) is 1. The van der Waals surface area contributed by atoms with Gasteiger partial charge in [0.1, 0.15) is 6.61 Å². The van der Waals surface area contributed by atoms with Crippen molar-refractivity contribution in [1.29, 1.82) is 0 Å². The summed E-state index contributed by atoms with van der Waals surface area (Å²) in [5.74, 6) is -0.309. The number of aliphatic hydroxyl groups is 1. The van der Waals surface area contributed by atoms with Crippen molar-refractivity contribution in [3.8, 4) is 0 Å². The van der Waals surface area contributed by atoms with E-state index >= 15 is 0 Å². The molecule has 0 saturated carbocycles. The highest BCUT2D eigenvalue weighted by Crippen LogP contribution is 2.26. The molecule has 0 bridgehead atoms. The molecule has 5 nitrogen and oxygen atoms in total. The van der Waals surface area contributed by atoms with E-state index in [9.17, 15) is 9.90 Å². The van der Waals surface area contributed by atoms with Crippen LogP contribution in [0.15, 0.2) is 60.7 Å². The van der Waals surface area contributed by atoms with Gasteiger partial charge in [-0.05, 0) is 24.6 Å². The fourth-order valence-electron chi connectivity index (χ4n) is 3.46. The van der Waals surface area contributed by atoms with Gasteiger partial charge in [0.05, 0.1) is 6.10 Å². The summed E-state index contributed by atoms with van der Waals surface area (Å²) >= 11 is 0. The number of likely N-dealkylation sites (N-methyl/N-ethyl adjacent to an activating group) is 1. The van der Waals surface area contributed by atoms with Crippen LogP contribution in [0.1, 0.15) is 17.5 Å². The molecular weight excluding hydrogens is 328 g/mol. The van der Waals surface area contributed by atoms with Crippen LogP contribution >= 0.6 is 0 Å². The van der Waals surface area contributed by atoms with Gasteiger partial charge < -0.3 is 15.2 Å². The third-order valence-electron chi connectivity index (χ3n) is 4.96. The molecule has 1 aliphatic rings. The normalized spacial score (nSPS) is 19.8. The maximum atomic E-state index is 13.2. The zero-order valence-corrected chi connectivity index (χ0v) is 15.1. The first-order valence-corrected chi connectivity index (χ1v) is 9.00. The number of nitrogens with one attached hydrogen (secondary N) is 1. The molecule has 138 valence electrons. The molecule has 3 rings (SSSR count). The van der Waals surface area contributed by atoms with Gasteiger partial charge in [0.15, 0.2) is 5.54 Å². The van der Waals surface area contributed by atoms with Crippen molar-refractivity contribution >= 4 is 5.97 Å². The number of hydrogen-bond acceptors (Lipinski definition) is 5. The Balaban J connectivity index is 1.82. The van der Waals surface area contributed by atoms with Crippen LogP contribution in [0.5, 0.6) is 0 Å². The summed E-state index contributed by atoms with van der Waals surface area (Å²) in [5.41, 5.74) is 0.845. The molecule has 1 fully saturated rings. The van der Waals surface area contributed by atoms with E-state index in [1.165, 1.54) is 0 Å². The maximum Gasteiger partial charge on any atom is 0.332 e. The highest BCUT2D eigenvalue weighted by Gasteiger charge is 2.43. The highest BCUT2D eigenvalue weighted by molar-refractivity contribution is 5.83. The van der Waals surface area contributed by atoms with Crippen LogP contribution in [0.2, 0.25) is 0 Å². The quantitative estimate of drug-likeness (QED) is 0.744. The summed E-state index contributed by atoms with van der Waals surface area (Å²) in [6, 6.07) is 19.3. The third kappa shape index (κ3) is 4.12. The number of likely N-dealkylation sites (tertiary alicyclic amines) is 1. The largest absolute Gasteiger partial charge is 0.459 e. The molecule has 0 radical (unpaired) electrons. The SMILES string of the molecule is CN[C@@](CN1CCC(O)C1)(C(=O)OCc1ccccc1)c1ccccc1. The molecule has 2 aromatic rings. The van der Waals surface area contributed by atoms with E-state index < -0.39 is 5.54 Å².